The molecular formula is C22H35F5N4O. The molecule has 1 saturated carbocycles. The number of alkyl halides is 5. The lowest BCUT2D eigenvalue weighted by molar-refractivity contribution is -0.287. The summed E-state index contributed by atoms with van der Waals surface area (Å²) in [5, 5.41) is 3.08. The molecular weight excluding hydrogens is 431 g/mol. The Bertz CT molecular complexity index is 639. The van der Waals surface area contributed by atoms with Gasteiger partial charge < -0.3 is 15.8 Å². The molecule has 184 valence electrons. The fourth-order valence-corrected chi connectivity index (χ4v) is 2.96. The molecule has 1 aromatic carbocycles. The summed E-state index contributed by atoms with van der Waals surface area (Å²) in [7, 11) is 3.54. The smallest absolute Gasteiger partial charge is 0.454 e. The number of nitrogens with one attached hydrogen (secondary N) is 1. The van der Waals surface area contributed by atoms with Gasteiger partial charge in [-0.05, 0) is 62.5 Å². The van der Waals surface area contributed by atoms with E-state index in [4.69, 9.17) is 10.5 Å². The second-order valence-electron chi connectivity index (χ2n) is 7.80. The Morgan fingerprint density at radius 3 is 2.09 bits per heavy atom. The quantitative estimate of drug-likeness (QED) is 0.330. The Morgan fingerprint density at radius 2 is 1.66 bits per heavy atom. The van der Waals surface area contributed by atoms with Crippen molar-refractivity contribution < 1.29 is 26.7 Å². The van der Waals surface area contributed by atoms with Gasteiger partial charge in [-0.1, -0.05) is 19.3 Å². The fraction of sp³-hybridized carbons (Fsp3) is 0.682. The first-order valence-corrected chi connectivity index (χ1v) is 10.8. The number of piperidine rings is 1. The van der Waals surface area contributed by atoms with E-state index in [1.807, 2.05) is 31.3 Å². The zero-order valence-electron chi connectivity index (χ0n) is 18.8. The molecule has 0 amide bonds. The maximum absolute atomic E-state index is 12.5. The van der Waals surface area contributed by atoms with Crippen LogP contribution in [0.4, 0.5) is 27.6 Å². The molecule has 1 aromatic rings. The van der Waals surface area contributed by atoms with E-state index < -0.39 is 18.6 Å². The molecule has 2 fully saturated rings. The number of anilines is 1. The van der Waals surface area contributed by atoms with Crippen LogP contribution >= 0.6 is 0 Å². The van der Waals surface area contributed by atoms with Gasteiger partial charge in [0.15, 0.2) is 0 Å². The van der Waals surface area contributed by atoms with Crippen LogP contribution in [0.5, 0.6) is 5.75 Å². The van der Waals surface area contributed by atoms with E-state index in [2.05, 4.69) is 10.3 Å². The van der Waals surface area contributed by atoms with Crippen LogP contribution in [0.3, 0.4) is 0 Å². The van der Waals surface area contributed by atoms with Gasteiger partial charge in [0, 0.05) is 19.8 Å². The predicted molar refractivity (Wildman–Crippen MR) is 119 cm³/mol. The van der Waals surface area contributed by atoms with Crippen LogP contribution < -0.4 is 15.8 Å². The minimum absolute atomic E-state index is 0.339. The Hall–Kier alpha value is -2.10. The molecule has 3 N–H and O–H groups in total. The second-order valence-corrected chi connectivity index (χ2v) is 7.80. The van der Waals surface area contributed by atoms with Gasteiger partial charge in [-0.15, -0.1) is 0 Å². The van der Waals surface area contributed by atoms with E-state index in [0.29, 0.717) is 25.9 Å². The van der Waals surface area contributed by atoms with Crippen molar-refractivity contribution in [2.45, 2.75) is 50.6 Å². The summed E-state index contributed by atoms with van der Waals surface area (Å²) in [6, 6.07) is 8.09. The summed E-state index contributed by atoms with van der Waals surface area (Å²) in [5.74, 6) is -2.65. The number of hydrogen-bond donors (Lipinski definition) is 2. The molecule has 0 unspecified atom stereocenters. The average Bonchev–Trinajstić information content (AvgIpc) is 3.59. The monoisotopic (exact) mass is 466 g/mol. The van der Waals surface area contributed by atoms with Gasteiger partial charge in [-0.3, -0.25) is 9.89 Å². The zero-order valence-corrected chi connectivity index (χ0v) is 18.8. The third-order valence-electron chi connectivity index (χ3n) is 5.07. The summed E-state index contributed by atoms with van der Waals surface area (Å²) >= 11 is 0. The minimum Gasteiger partial charge on any atom is -0.494 e. The van der Waals surface area contributed by atoms with E-state index >= 15 is 0 Å². The van der Waals surface area contributed by atoms with E-state index in [1.54, 1.807) is 7.05 Å². The van der Waals surface area contributed by atoms with Crippen molar-refractivity contribution >= 4 is 12.0 Å². The molecule has 1 aliphatic heterocycles. The molecule has 0 spiro atoms. The van der Waals surface area contributed by atoms with Crippen molar-refractivity contribution in [2.75, 3.05) is 45.7 Å². The molecule has 1 saturated heterocycles. The third kappa shape index (κ3) is 11.5. The first kappa shape index (κ1) is 27.9. The summed E-state index contributed by atoms with van der Waals surface area (Å²) in [6.07, 6.45) is 2.16. The van der Waals surface area contributed by atoms with Crippen LogP contribution in [0.1, 0.15) is 38.5 Å². The van der Waals surface area contributed by atoms with E-state index in [-0.39, 0.29) is 0 Å². The molecule has 10 heteroatoms. The lowest BCUT2D eigenvalue weighted by Crippen LogP contribution is -2.48. The van der Waals surface area contributed by atoms with Crippen LogP contribution in [-0.4, -0.2) is 63.7 Å². The number of halogens is 5. The van der Waals surface area contributed by atoms with Crippen molar-refractivity contribution in [3.8, 4) is 5.75 Å². The SMILES string of the molecule is CN=CN.CNc1ccc(OCCC2CC2)cc1.FC(F)(F)C(F)(F)CN1CCCCC1. The van der Waals surface area contributed by atoms with Crippen molar-refractivity contribution in [1.82, 2.24) is 4.90 Å². The molecule has 0 bridgehead atoms. The predicted octanol–water partition coefficient (Wildman–Crippen LogP) is 5.18. The highest BCUT2D eigenvalue weighted by Gasteiger charge is 2.57. The molecule has 3 rings (SSSR count). The number of nitrogens with zero attached hydrogens (tertiary/aromatic N) is 2. The van der Waals surface area contributed by atoms with Crippen molar-refractivity contribution in [3.05, 3.63) is 24.3 Å². The standard InChI is InChI=1S/C12H17NO.C8H12F5N.C2H6N2/c1-13-11-4-6-12(7-5-11)14-9-8-10-2-3-10;9-7(10,8(11,12)13)6-14-4-2-1-3-5-14;1-4-2-3/h4-7,10,13H,2-3,8-9H2,1H3;1-6H2;2H,1H3,(H2,3,4). The topological polar surface area (TPSA) is 62.9 Å². The molecule has 0 atom stereocenters. The van der Waals surface area contributed by atoms with Crippen LogP contribution in [0.25, 0.3) is 0 Å². The Balaban J connectivity index is 0.000000275. The van der Waals surface area contributed by atoms with Gasteiger partial charge in [0.2, 0.25) is 0 Å². The maximum atomic E-state index is 12.5. The lowest BCUT2D eigenvalue weighted by Gasteiger charge is -2.30. The molecule has 0 radical (unpaired) electrons. The molecule has 1 heterocycles. The maximum Gasteiger partial charge on any atom is 0.454 e. The summed E-state index contributed by atoms with van der Waals surface area (Å²) < 4.78 is 66.2. The van der Waals surface area contributed by atoms with E-state index in [1.165, 1.54) is 30.5 Å². The number of rotatable bonds is 7. The average molecular weight is 467 g/mol. The van der Waals surface area contributed by atoms with Crippen LogP contribution in [0.2, 0.25) is 0 Å². The van der Waals surface area contributed by atoms with E-state index in [0.717, 1.165) is 30.4 Å². The molecule has 0 aromatic heterocycles. The third-order valence-corrected chi connectivity index (χ3v) is 5.07. The van der Waals surface area contributed by atoms with Gasteiger partial charge in [0.1, 0.15) is 5.75 Å². The number of benzene rings is 1. The lowest BCUT2D eigenvalue weighted by atomic mass is 10.1. The number of likely N-dealkylation sites (tertiary alicyclic amines) is 1. The highest BCUT2D eigenvalue weighted by molar-refractivity contribution is 5.50. The molecule has 32 heavy (non-hydrogen) atoms. The van der Waals surface area contributed by atoms with Gasteiger partial charge in [0.05, 0.1) is 19.5 Å². The Labute approximate surface area is 187 Å². The highest BCUT2D eigenvalue weighted by atomic mass is 19.4. The van der Waals surface area contributed by atoms with Gasteiger partial charge in [0.25, 0.3) is 0 Å². The van der Waals surface area contributed by atoms with Gasteiger partial charge >= 0.3 is 12.1 Å². The second kappa shape index (κ2) is 14.1. The molecule has 2 aliphatic rings. The first-order chi connectivity index (χ1) is 15.1. The van der Waals surface area contributed by atoms with Crippen LogP contribution in [-0.2, 0) is 0 Å². The van der Waals surface area contributed by atoms with Gasteiger partial charge in [-0.25, -0.2) is 0 Å². The Morgan fingerprint density at radius 1 is 1.09 bits per heavy atom. The number of hydrogen-bond acceptors (Lipinski definition) is 4. The number of ether oxygens (including phenoxy) is 1. The molecule has 5 nitrogen and oxygen atoms in total. The van der Waals surface area contributed by atoms with E-state index in [9.17, 15) is 22.0 Å². The zero-order chi connectivity index (χ0) is 24.0. The van der Waals surface area contributed by atoms with Crippen LogP contribution in [0.15, 0.2) is 29.3 Å². The largest absolute Gasteiger partial charge is 0.494 e. The van der Waals surface area contributed by atoms with Gasteiger partial charge in [-0.2, -0.15) is 22.0 Å². The highest BCUT2D eigenvalue weighted by Crippen LogP contribution is 2.36. The summed E-state index contributed by atoms with van der Waals surface area (Å²) in [5.41, 5.74) is 5.86. The number of aliphatic imine (C=N–C) groups is 1. The summed E-state index contributed by atoms with van der Waals surface area (Å²) in [4.78, 5) is 4.57. The van der Waals surface area contributed by atoms with Crippen molar-refractivity contribution in [2.24, 2.45) is 16.6 Å². The first-order valence-electron chi connectivity index (χ1n) is 10.8. The Kier molecular flexibility index (Phi) is 12.3. The van der Waals surface area contributed by atoms with Crippen LogP contribution in [0, 0.1) is 5.92 Å². The molecule has 1 aliphatic carbocycles. The minimum atomic E-state index is -5.43. The van der Waals surface area contributed by atoms with Crippen molar-refractivity contribution in [1.29, 1.82) is 0 Å². The fourth-order valence-electron chi connectivity index (χ4n) is 2.96. The van der Waals surface area contributed by atoms with Crippen molar-refractivity contribution in [3.63, 3.8) is 0 Å². The normalized spacial score (nSPS) is 17.1. The number of nitrogens with two attached hydrogens (primary N) is 1. The summed E-state index contributed by atoms with van der Waals surface area (Å²) in [6.45, 7) is 0.345.